The third kappa shape index (κ3) is 2.27. The van der Waals surface area contributed by atoms with Crippen molar-refractivity contribution >= 4 is 5.97 Å². The summed E-state index contributed by atoms with van der Waals surface area (Å²) >= 11 is 0. The summed E-state index contributed by atoms with van der Waals surface area (Å²) in [5, 5.41) is 19.4. The van der Waals surface area contributed by atoms with E-state index in [1.165, 1.54) is 18.2 Å². The molecule has 0 aliphatic heterocycles. The number of tetrazole rings is 1. The average molecular weight is 236 g/mol. The summed E-state index contributed by atoms with van der Waals surface area (Å²) in [6.07, 6.45) is 0. The number of hydrogen-bond acceptors (Lipinski definition) is 4. The molecular weight excluding hydrogens is 227 g/mol. The van der Waals surface area contributed by atoms with E-state index in [0.29, 0.717) is 17.0 Å². The van der Waals surface area contributed by atoms with Gasteiger partial charge in [0.15, 0.2) is 5.82 Å². The summed E-state index contributed by atoms with van der Waals surface area (Å²) in [5.41, 5.74) is 1.25. The summed E-state index contributed by atoms with van der Waals surface area (Å²) in [6, 6.07) is 4.14. The Bertz CT molecular complexity index is 567. The molecule has 2 aromatic rings. The summed E-state index contributed by atoms with van der Waals surface area (Å²) in [4.78, 5) is 10.6. The molecule has 0 unspecified atom stereocenters. The first-order valence-electron chi connectivity index (χ1n) is 4.82. The number of carbonyl (C=O) groups is 1. The molecule has 6 nitrogen and oxygen atoms in total. The van der Waals surface area contributed by atoms with Crippen molar-refractivity contribution in [1.29, 1.82) is 0 Å². The predicted molar refractivity (Wildman–Crippen MR) is 55.6 cm³/mol. The van der Waals surface area contributed by atoms with Gasteiger partial charge in [0, 0.05) is 5.56 Å². The van der Waals surface area contributed by atoms with Gasteiger partial charge in [-0.15, -0.1) is 5.10 Å². The first-order valence-corrected chi connectivity index (χ1v) is 4.82. The topological polar surface area (TPSA) is 80.9 Å². The van der Waals surface area contributed by atoms with Gasteiger partial charge in [-0.2, -0.15) is 0 Å². The summed E-state index contributed by atoms with van der Waals surface area (Å²) in [7, 11) is 0. The third-order valence-corrected chi connectivity index (χ3v) is 2.25. The second kappa shape index (κ2) is 4.28. The zero-order valence-electron chi connectivity index (χ0n) is 8.96. The molecule has 0 saturated carbocycles. The first kappa shape index (κ1) is 11.2. The minimum atomic E-state index is -1.04. The monoisotopic (exact) mass is 236 g/mol. The minimum Gasteiger partial charge on any atom is -0.480 e. The molecule has 0 radical (unpaired) electrons. The standard InChI is InChI=1S/C10H9FN4O2/c1-6-4-7(11)2-3-8(6)10-12-13-14-15(10)5-9(16)17/h2-4H,5H2,1H3,(H,16,17). The van der Waals surface area contributed by atoms with E-state index in [0.717, 1.165) is 4.68 Å². The van der Waals surface area contributed by atoms with Gasteiger partial charge in [-0.25, -0.2) is 9.07 Å². The zero-order chi connectivity index (χ0) is 12.4. The number of carboxylic acids is 1. The van der Waals surface area contributed by atoms with Crippen molar-refractivity contribution in [1.82, 2.24) is 20.2 Å². The number of nitrogens with zero attached hydrogens (tertiary/aromatic N) is 4. The van der Waals surface area contributed by atoms with Gasteiger partial charge < -0.3 is 5.11 Å². The Labute approximate surface area is 95.7 Å². The molecule has 0 spiro atoms. The Morgan fingerprint density at radius 1 is 1.53 bits per heavy atom. The number of rotatable bonds is 3. The van der Waals surface area contributed by atoms with E-state index in [2.05, 4.69) is 15.5 Å². The van der Waals surface area contributed by atoms with E-state index in [9.17, 15) is 9.18 Å². The van der Waals surface area contributed by atoms with Crippen molar-refractivity contribution in [3.05, 3.63) is 29.6 Å². The Kier molecular flexibility index (Phi) is 2.82. The van der Waals surface area contributed by atoms with Crippen molar-refractivity contribution in [3.8, 4) is 11.4 Å². The Hall–Kier alpha value is -2.31. The number of aromatic nitrogens is 4. The normalized spacial score (nSPS) is 10.5. The summed E-state index contributed by atoms with van der Waals surface area (Å²) in [5.74, 6) is -1.09. The van der Waals surface area contributed by atoms with E-state index in [4.69, 9.17) is 5.11 Å². The van der Waals surface area contributed by atoms with Crippen LogP contribution in [0.15, 0.2) is 18.2 Å². The Morgan fingerprint density at radius 2 is 2.29 bits per heavy atom. The smallest absolute Gasteiger partial charge is 0.325 e. The largest absolute Gasteiger partial charge is 0.480 e. The number of halogens is 1. The van der Waals surface area contributed by atoms with Gasteiger partial charge >= 0.3 is 5.97 Å². The van der Waals surface area contributed by atoms with Crippen molar-refractivity contribution in [3.63, 3.8) is 0 Å². The van der Waals surface area contributed by atoms with Gasteiger partial charge in [0.2, 0.25) is 0 Å². The molecule has 0 saturated heterocycles. The van der Waals surface area contributed by atoms with Crippen molar-refractivity contribution in [2.45, 2.75) is 13.5 Å². The molecule has 0 fully saturated rings. The van der Waals surface area contributed by atoms with Crippen LogP contribution >= 0.6 is 0 Å². The molecule has 0 aliphatic carbocycles. The molecule has 1 aromatic carbocycles. The average Bonchev–Trinajstić information content (AvgIpc) is 2.65. The third-order valence-electron chi connectivity index (χ3n) is 2.25. The summed E-state index contributed by atoms with van der Waals surface area (Å²) in [6.45, 7) is 1.37. The van der Waals surface area contributed by atoms with Gasteiger partial charge in [-0.05, 0) is 41.1 Å². The van der Waals surface area contributed by atoms with E-state index >= 15 is 0 Å². The maximum atomic E-state index is 12.9. The number of aliphatic carboxylic acids is 1. The zero-order valence-corrected chi connectivity index (χ0v) is 8.96. The molecule has 0 atom stereocenters. The number of aryl methyl sites for hydroxylation is 1. The molecule has 1 aromatic heterocycles. The second-order valence-corrected chi connectivity index (χ2v) is 3.51. The van der Waals surface area contributed by atoms with Crippen LogP contribution < -0.4 is 0 Å². The lowest BCUT2D eigenvalue weighted by atomic mass is 10.1. The minimum absolute atomic E-state index is 0.310. The lowest BCUT2D eigenvalue weighted by molar-refractivity contribution is -0.137. The van der Waals surface area contributed by atoms with Gasteiger partial charge in [-0.1, -0.05) is 0 Å². The van der Waals surface area contributed by atoms with Gasteiger partial charge in [0.05, 0.1) is 0 Å². The molecule has 1 N–H and O–H groups in total. The SMILES string of the molecule is Cc1cc(F)ccc1-c1nnnn1CC(=O)O. The molecule has 7 heteroatoms. The summed E-state index contributed by atoms with van der Waals surface area (Å²) < 4.78 is 14.1. The van der Waals surface area contributed by atoms with Gasteiger partial charge in [-0.3, -0.25) is 4.79 Å². The van der Waals surface area contributed by atoms with Gasteiger partial charge in [0.25, 0.3) is 0 Å². The van der Waals surface area contributed by atoms with Crippen LogP contribution in [0.25, 0.3) is 11.4 Å². The first-order chi connectivity index (χ1) is 8.08. The highest BCUT2D eigenvalue weighted by molar-refractivity contribution is 5.68. The van der Waals surface area contributed by atoms with E-state index in [-0.39, 0.29) is 12.4 Å². The molecule has 2 rings (SSSR count). The fraction of sp³-hybridized carbons (Fsp3) is 0.200. The van der Waals surface area contributed by atoms with Crippen molar-refractivity contribution in [2.24, 2.45) is 0 Å². The van der Waals surface area contributed by atoms with Crippen LogP contribution in [0.4, 0.5) is 4.39 Å². The van der Waals surface area contributed by atoms with Crippen molar-refractivity contribution < 1.29 is 14.3 Å². The highest BCUT2D eigenvalue weighted by Crippen LogP contribution is 2.21. The lowest BCUT2D eigenvalue weighted by Crippen LogP contribution is -2.12. The maximum absolute atomic E-state index is 12.9. The molecular formula is C10H9FN4O2. The Morgan fingerprint density at radius 3 is 2.94 bits per heavy atom. The Balaban J connectivity index is 2.46. The fourth-order valence-electron chi connectivity index (χ4n) is 1.51. The van der Waals surface area contributed by atoms with Crippen LogP contribution in [0.1, 0.15) is 5.56 Å². The lowest BCUT2D eigenvalue weighted by Gasteiger charge is -2.05. The molecule has 1 heterocycles. The van der Waals surface area contributed by atoms with Crippen LogP contribution in [-0.4, -0.2) is 31.3 Å². The van der Waals surface area contributed by atoms with Crippen LogP contribution in [0.5, 0.6) is 0 Å². The predicted octanol–water partition coefficient (Wildman–Crippen LogP) is 0.872. The second-order valence-electron chi connectivity index (χ2n) is 3.51. The van der Waals surface area contributed by atoms with Crippen LogP contribution in [-0.2, 0) is 11.3 Å². The fourth-order valence-corrected chi connectivity index (χ4v) is 1.51. The van der Waals surface area contributed by atoms with Crippen molar-refractivity contribution in [2.75, 3.05) is 0 Å². The van der Waals surface area contributed by atoms with E-state index in [1.54, 1.807) is 6.92 Å². The van der Waals surface area contributed by atoms with Gasteiger partial charge in [0.1, 0.15) is 12.4 Å². The molecule has 0 amide bonds. The van der Waals surface area contributed by atoms with E-state index in [1.807, 2.05) is 0 Å². The quantitative estimate of drug-likeness (QED) is 0.855. The number of hydrogen-bond donors (Lipinski definition) is 1. The van der Waals surface area contributed by atoms with Crippen LogP contribution in [0.2, 0.25) is 0 Å². The van der Waals surface area contributed by atoms with Crippen LogP contribution in [0.3, 0.4) is 0 Å². The number of benzene rings is 1. The number of carboxylic acid groups (broad SMARTS) is 1. The van der Waals surface area contributed by atoms with Crippen LogP contribution in [0, 0.1) is 12.7 Å². The molecule has 0 bridgehead atoms. The molecule has 17 heavy (non-hydrogen) atoms. The maximum Gasteiger partial charge on any atom is 0.325 e. The molecule has 0 aliphatic rings. The highest BCUT2D eigenvalue weighted by atomic mass is 19.1. The van der Waals surface area contributed by atoms with E-state index < -0.39 is 5.97 Å². The molecule has 88 valence electrons. The highest BCUT2D eigenvalue weighted by Gasteiger charge is 2.13.